The number of terminal acetylenes is 1. The van der Waals surface area contributed by atoms with E-state index >= 15 is 0 Å². The molecule has 176 valence electrons. The molecule has 0 aliphatic rings. The Balaban J connectivity index is 1.73. The summed E-state index contributed by atoms with van der Waals surface area (Å²) in [5, 5.41) is 5.91. The van der Waals surface area contributed by atoms with Crippen LogP contribution in [-0.4, -0.2) is 27.5 Å². The fourth-order valence-corrected chi connectivity index (χ4v) is 3.76. The number of nitrogens with one attached hydrogen (secondary N) is 2. The lowest BCUT2D eigenvalue weighted by atomic mass is 10.0. The van der Waals surface area contributed by atoms with Gasteiger partial charge in [-0.25, -0.2) is 4.79 Å². The van der Waals surface area contributed by atoms with Gasteiger partial charge in [0, 0.05) is 36.4 Å². The van der Waals surface area contributed by atoms with E-state index in [2.05, 4.69) is 16.6 Å². The number of hydrogen-bond acceptors (Lipinski definition) is 4. The van der Waals surface area contributed by atoms with Crippen LogP contribution in [-0.2, 0) is 17.9 Å². The van der Waals surface area contributed by atoms with E-state index in [1.54, 1.807) is 50.2 Å². The van der Waals surface area contributed by atoms with E-state index in [-0.39, 0.29) is 30.6 Å². The Kier molecular flexibility index (Phi) is 7.37. The van der Waals surface area contributed by atoms with Gasteiger partial charge in [-0.2, -0.15) is 0 Å². The fourth-order valence-electron chi connectivity index (χ4n) is 3.76. The molecule has 1 atom stereocenters. The number of rotatable bonds is 7. The zero-order valence-corrected chi connectivity index (χ0v) is 19.8. The minimum Gasteiger partial charge on any atom is -0.351 e. The standard InChI is InChI=1S/C26H28N4O4/c1-6-18-9-10-19(13-16(18)4)24(32)27-15-17(5)23(31)28-20-11-12-22-21(14-20)25(33)30(8-3)26(34)29(22)7-2/h1,9-14,17H,7-8,15H2,2-5H3,(H,27,32)(H,28,31). The molecule has 2 aromatic carbocycles. The molecule has 1 heterocycles. The first-order valence-corrected chi connectivity index (χ1v) is 11.2. The van der Waals surface area contributed by atoms with Crippen molar-refractivity contribution in [1.82, 2.24) is 14.5 Å². The molecule has 2 N–H and O–H groups in total. The molecule has 2 amide bonds. The average molecular weight is 461 g/mol. The number of aryl methyl sites for hydroxylation is 2. The minimum atomic E-state index is -0.525. The zero-order valence-electron chi connectivity index (χ0n) is 19.8. The lowest BCUT2D eigenvalue weighted by Gasteiger charge is -2.15. The van der Waals surface area contributed by atoms with Crippen LogP contribution in [0.5, 0.6) is 0 Å². The van der Waals surface area contributed by atoms with Gasteiger partial charge in [-0.1, -0.05) is 12.8 Å². The number of fused-ring (bicyclic) bond motifs is 1. The Bertz CT molecular complexity index is 1430. The summed E-state index contributed by atoms with van der Waals surface area (Å²) >= 11 is 0. The van der Waals surface area contributed by atoms with Gasteiger partial charge in [0.25, 0.3) is 11.5 Å². The van der Waals surface area contributed by atoms with Crippen LogP contribution >= 0.6 is 0 Å². The van der Waals surface area contributed by atoms with E-state index in [0.29, 0.717) is 28.7 Å². The third-order valence-corrected chi connectivity index (χ3v) is 5.79. The first-order chi connectivity index (χ1) is 16.2. The Morgan fingerprint density at radius 3 is 2.38 bits per heavy atom. The summed E-state index contributed by atoms with van der Waals surface area (Å²) in [7, 11) is 0. The molecule has 0 saturated heterocycles. The summed E-state index contributed by atoms with van der Waals surface area (Å²) in [6, 6.07) is 9.97. The molecule has 1 aromatic heterocycles. The second-order valence-corrected chi connectivity index (χ2v) is 8.08. The molecular weight excluding hydrogens is 432 g/mol. The van der Waals surface area contributed by atoms with Crippen molar-refractivity contribution in [3.8, 4) is 12.3 Å². The van der Waals surface area contributed by atoms with Crippen molar-refractivity contribution in [2.24, 2.45) is 5.92 Å². The van der Waals surface area contributed by atoms with Gasteiger partial charge in [0.15, 0.2) is 0 Å². The quantitative estimate of drug-likeness (QED) is 0.529. The highest BCUT2D eigenvalue weighted by Gasteiger charge is 2.17. The maximum Gasteiger partial charge on any atom is 0.331 e. The normalized spacial score (nSPS) is 11.6. The molecular formula is C26H28N4O4. The molecule has 0 aliphatic carbocycles. The smallest absolute Gasteiger partial charge is 0.331 e. The molecule has 0 aliphatic heterocycles. The van der Waals surface area contributed by atoms with Crippen molar-refractivity contribution in [2.75, 3.05) is 11.9 Å². The van der Waals surface area contributed by atoms with Crippen molar-refractivity contribution in [3.63, 3.8) is 0 Å². The van der Waals surface area contributed by atoms with Gasteiger partial charge in [0.1, 0.15) is 0 Å². The van der Waals surface area contributed by atoms with Crippen molar-refractivity contribution >= 4 is 28.4 Å². The van der Waals surface area contributed by atoms with Crippen molar-refractivity contribution in [1.29, 1.82) is 0 Å². The summed E-state index contributed by atoms with van der Waals surface area (Å²) in [6.45, 7) is 7.91. The number of nitrogens with zero attached hydrogens (tertiary/aromatic N) is 2. The van der Waals surface area contributed by atoms with Crippen LogP contribution in [0.25, 0.3) is 10.9 Å². The molecule has 0 radical (unpaired) electrons. The van der Waals surface area contributed by atoms with Crippen molar-refractivity contribution in [3.05, 3.63) is 73.9 Å². The van der Waals surface area contributed by atoms with Crippen LogP contribution in [0.1, 0.15) is 42.3 Å². The highest BCUT2D eigenvalue weighted by atomic mass is 16.2. The molecule has 34 heavy (non-hydrogen) atoms. The largest absolute Gasteiger partial charge is 0.351 e. The number of amides is 2. The molecule has 0 fully saturated rings. The van der Waals surface area contributed by atoms with Crippen LogP contribution in [0, 0.1) is 25.2 Å². The maximum atomic E-state index is 12.8. The number of hydrogen-bond donors (Lipinski definition) is 2. The molecule has 1 unspecified atom stereocenters. The predicted molar refractivity (Wildman–Crippen MR) is 133 cm³/mol. The Morgan fingerprint density at radius 2 is 1.76 bits per heavy atom. The molecule has 8 heteroatoms. The van der Waals surface area contributed by atoms with Crippen molar-refractivity contribution in [2.45, 2.75) is 40.8 Å². The van der Waals surface area contributed by atoms with Crippen molar-refractivity contribution < 1.29 is 9.59 Å². The second-order valence-electron chi connectivity index (χ2n) is 8.08. The summed E-state index contributed by atoms with van der Waals surface area (Å²) in [6.07, 6.45) is 5.42. The average Bonchev–Trinajstić information content (AvgIpc) is 2.83. The maximum absolute atomic E-state index is 12.8. The Hall–Kier alpha value is -4.12. The number of carbonyl (C=O) groups is 2. The van der Waals surface area contributed by atoms with Gasteiger partial charge < -0.3 is 10.6 Å². The van der Waals surface area contributed by atoms with Gasteiger partial charge >= 0.3 is 5.69 Å². The number of benzene rings is 2. The molecule has 3 rings (SSSR count). The molecule has 0 saturated carbocycles. The van der Waals surface area contributed by atoms with Crippen LogP contribution in [0.4, 0.5) is 5.69 Å². The monoisotopic (exact) mass is 460 g/mol. The van der Waals surface area contributed by atoms with E-state index in [1.807, 2.05) is 13.8 Å². The predicted octanol–water partition coefficient (Wildman–Crippen LogP) is 2.50. The Morgan fingerprint density at radius 1 is 1.06 bits per heavy atom. The van der Waals surface area contributed by atoms with Gasteiger partial charge in [-0.15, -0.1) is 6.42 Å². The topological polar surface area (TPSA) is 102 Å². The number of anilines is 1. The van der Waals surface area contributed by atoms with Crippen LogP contribution in [0.2, 0.25) is 0 Å². The summed E-state index contributed by atoms with van der Waals surface area (Å²) in [5.74, 6) is 1.43. The van der Waals surface area contributed by atoms with E-state index in [4.69, 9.17) is 6.42 Å². The summed E-state index contributed by atoms with van der Waals surface area (Å²) in [5.41, 5.74) is 2.23. The van der Waals surface area contributed by atoms with Gasteiger partial charge in [-0.3, -0.25) is 23.5 Å². The molecule has 0 spiro atoms. The third kappa shape index (κ3) is 4.79. The number of carbonyl (C=O) groups excluding carboxylic acids is 2. The number of aromatic nitrogens is 2. The summed E-state index contributed by atoms with van der Waals surface area (Å²) < 4.78 is 2.70. The van der Waals surface area contributed by atoms with E-state index in [9.17, 15) is 19.2 Å². The zero-order chi connectivity index (χ0) is 25.0. The van der Waals surface area contributed by atoms with E-state index in [0.717, 1.165) is 11.1 Å². The second kappa shape index (κ2) is 10.2. The highest BCUT2D eigenvalue weighted by Crippen LogP contribution is 2.17. The van der Waals surface area contributed by atoms with Crippen LogP contribution in [0.15, 0.2) is 46.0 Å². The first kappa shape index (κ1) is 24.5. The molecule has 3 aromatic rings. The van der Waals surface area contributed by atoms with Crippen LogP contribution in [0.3, 0.4) is 0 Å². The van der Waals surface area contributed by atoms with Crippen LogP contribution < -0.4 is 21.9 Å². The fraction of sp³-hybridized carbons (Fsp3) is 0.308. The third-order valence-electron chi connectivity index (χ3n) is 5.79. The molecule has 0 bridgehead atoms. The lowest BCUT2D eigenvalue weighted by Crippen LogP contribution is -2.39. The highest BCUT2D eigenvalue weighted by molar-refractivity contribution is 5.97. The summed E-state index contributed by atoms with van der Waals surface area (Å²) in [4.78, 5) is 50.4. The minimum absolute atomic E-state index is 0.131. The lowest BCUT2D eigenvalue weighted by molar-refractivity contribution is -0.119. The molecule has 8 nitrogen and oxygen atoms in total. The van der Waals surface area contributed by atoms with Gasteiger partial charge in [0.2, 0.25) is 5.91 Å². The SMILES string of the molecule is C#Cc1ccc(C(=O)NCC(C)C(=O)Nc2ccc3c(c2)c(=O)n(CC)c(=O)n3CC)cc1C. The Labute approximate surface area is 197 Å². The van der Waals surface area contributed by atoms with E-state index in [1.165, 1.54) is 9.13 Å². The first-order valence-electron chi connectivity index (χ1n) is 11.2. The van der Waals surface area contributed by atoms with E-state index < -0.39 is 11.5 Å². The van der Waals surface area contributed by atoms with Gasteiger partial charge in [-0.05, 0) is 62.7 Å². The van der Waals surface area contributed by atoms with Gasteiger partial charge in [0.05, 0.1) is 16.8 Å².